The van der Waals surface area contributed by atoms with Crippen LogP contribution in [0.5, 0.6) is 5.75 Å². The van der Waals surface area contributed by atoms with Crippen molar-refractivity contribution < 1.29 is 17.6 Å². The summed E-state index contributed by atoms with van der Waals surface area (Å²) in [6.45, 7) is 5.24. The van der Waals surface area contributed by atoms with Gasteiger partial charge in [0.25, 0.3) is 0 Å². The zero-order chi connectivity index (χ0) is 13.1. The summed E-state index contributed by atoms with van der Waals surface area (Å²) in [5.41, 5.74) is -0.236. The second-order valence-corrected chi connectivity index (χ2v) is 6.64. The van der Waals surface area contributed by atoms with Crippen LogP contribution in [0.15, 0.2) is 30.9 Å². The quantitative estimate of drug-likeness (QED) is 0.462. The van der Waals surface area contributed by atoms with E-state index in [1.54, 1.807) is 6.55 Å². The van der Waals surface area contributed by atoms with Crippen LogP contribution >= 0.6 is 11.1 Å². The second-order valence-electron chi connectivity index (χ2n) is 3.47. The Morgan fingerprint density at radius 3 is 2.59 bits per heavy atom. The third-order valence-electron chi connectivity index (χ3n) is 2.04. The summed E-state index contributed by atoms with van der Waals surface area (Å²) in [6, 6.07) is 3.38. The normalized spacial score (nSPS) is 13.2. The van der Waals surface area contributed by atoms with Crippen LogP contribution in [-0.2, 0) is 12.6 Å². The van der Waals surface area contributed by atoms with Crippen molar-refractivity contribution >= 4 is 19.4 Å². The first kappa shape index (κ1) is 14.1. The Morgan fingerprint density at radius 1 is 1.47 bits per heavy atom. The number of alkyl halides is 3. The molecule has 0 aromatic heterocycles. The molecule has 1 nitrogen and oxygen atoms in total. The van der Waals surface area contributed by atoms with Gasteiger partial charge in [0.15, 0.2) is 0 Å². The van der Waals surface area contributed by atoms with Gasteiger partial charge in [-0.05, 0) is 36.7 Å². The summed E-state index contributed by atoms with van der Waals surface area (Å²) in [7, 11) is -1.85. The summed E-state index contributed by atoms with van der Waals surface area (Å²) < 4.78 is 42.9. The molecule has 1 rings (SSSR count). The summed E-state index contributed by atoms with van der Waals surface area (Å²) in [6.07, 6.45) is -2.50. The van der Waals surface area contributed by atoms with Crippen molar-refractivity contribution in [1.29, 1.82) is 0 Å². The van der Waals surface area contributed by atoms with Crippen molar-refractivity contribution in [2.75, 3.05) is 0 Å². The largest absolute Gasteiger partial charge is 0.532 e. The van der Waals surface area contributed by atoms with Gasteiger partial charge in [-0.3, -0.25) is 0 Å². The molecular weight excluding hydrogens is 269 g/mol. The van der Waals surface area contributed by atoms with Crippen LogP contribution in [0.25, 0.3) is 0 Å². The number of hydrogen-bond acceptors (Lipinski definition) is 1. The van der Waals surface area contributed by atoms with E-state index in [1.807, 2.05) is 0 Å². The maximum Gasteiger partial charge on any atom is 0.416 e. The lowest BCUT2D eigenvalue weighted by molar-refractivity contribution is -0.137. The number of rotatable bonds is 4. The Hall–Kier alpha value is -0.943. The fourth-order valence-electron chi connectivity index (χ4n) is 1.36. The average Bonchev–Trinajstić information content (AvgIpc) is 2.18. The highest BCUT2D eigenvalue weighted by Crippen LogP contribution is 2.33. The summed E-state index contributed by atoms with van der Waals surface area (Å²) in [4.78, 5) is 0. The molecule has 1 unspecified atom stereocenters. The highest BCUT2D eigenvalue weighted by molar-refractivity contribution is 7.02. The lowest BCUT2D eigenvalue weighted by Gasteiger charge is -2.14. The molecular formula is C11H12ClF3OSi. The lowest BCUT2D eigenvalue weighted by Crippen LogP contribution is -2.11. The minimum Gasteiger partial charge on any atom is -0.532 e. The Kier molecular flexibility index (Phi) is 4.65. The van der Waals surface area contributed by atoms with Gasteiger partial charge < -0.3 is 4.43 Å². The first-order valence-electron chi connectivity index (χ1n) is 4.96. The topological polar surface area (TPSA) is 9.23 Å². The van der Waals surface area contributed by atoms with E-state index < -0.39 is 20.1 Å². The molecule has 0 N–H and O–H groups in total. The Labute approximate surface area is 104 Å². The van der Waals surface area contributed by atoms with E-state index in [9.17, 15) is 13.2 Å². The minimum absolute atomic E-state index is 0.317. The van der Waals surface area contributed by atoms with E-state index in [0.29, 0.717) is 17.7 Å². The van der Waals surface area contributed by atoms with Gasteiger partial charge in [-0.25, -0.2) is 0 Å². The Bertz CT molecular complexity index is 404. The molecule has 0 heterocycles. The fraction of sp³-hybridized carbons (Fsp3) is 0.273. The van der Waals surface area contributed by atoms with Gasteiger partial charge in [-0.2, -0.15) is 13.2 Å². The van der Waals surface area contributed by atoms with Crippen molar-refractivity contribution in [3.05, 3.63) is 42.0 Å². The predicted molar refractivity (Wildman–Crippen MR) is 64.8 cm³/mol. The van der Waals surface area contributed by atoms with Crippen LogP contribution in [0.4, 0.5) is 13.2 Å². The van der Waals surface area contributed by atoms with Crippen LogP contribution in [0.1, 0.15) is 11.1 Å². The van der Waals surface area contributed by atoms with Crippen molar-refractivity contribution in [3.63, 3.8) is 0 Å². The second kappa shape index (κ2) is 5.60. The Balaban J connectivity index is 3.12. The van der Waals surface area contributed by atoms with E-state index in [1.165, 1.54) is 12.1 Å². The first-order valence-corrected chi connectivity index (χ1v) is 8.33. The van der Waals surface area contributed by atoms with Crippen molar-refractivity contribution in [2.45, 2.75) is 19.1 Å². The lowest BCUT2D eigenvalue weighted by atomic mass is 10.1. The molecule has 94 valence electrons. The third-order valence-corrected chi connectivity index (χ3v) is 2.89. The van der Waals surface area contributed by atoms with Gasteiger partial charge in [0.1, 0.15) is 5.75 Å². The predicted octanol–water partition coefficient (Wildman–Crippen LogP) is 3.90. The molecule has 6 heteroatoms. The number of halogens is 4. The van der Waals surface area contributed by atoms with Gasteiger partial charge in [-0.15, -0.1) is 17.7 Å². The highest BCUT2D eigenvalue weighted by atomic mass is 35.6. The molecule has 0 saturated heterocycles. The first-order chi connectivity index (χ1) is 7.84. The standard InChI is InChI=1S/C11H12ClF3OSi/c1-3-4-8-7-9(11(13,14)15)5-6-10(8)16-17(2)12/h3,5-7,17H,1,4H2,2H3. The van der Waals surface area contributed by atoms with Crippen molar-refractivity contribution in [2.24, 2.45) is 0 Å². The van der Waals surface area contributed by atoms with E-state index in [2.05, 4.69) is 6.58 Å². The number of hydrogen-bond donors (Lipinski definition) is 0. The highest BCUT2D eigenvalue weighted by Gasteiger charge is 2.31. The van der Waals surface area contributed by atoms with E-state index in [0.717, 1.165) is 12.1 Å². The van der Waals surface area contributed by atoms with Crippen LogP contribution in [-0.4, -0.2) is 8.35 Å². The minimum atomic E-state index is -4.35. The Morgan fingerprint density at radius 2 is 2.12 bits per heavy atom. The maximum atomic E-state index is 12.5. The van der Waals surface area contributed by atoms with Gasteiger partial charge in [-0.1, -0.05) is 6.08 Å². The molecule has 0 spiro atoms. The zero-order valence-corrected chi connectivity index (χ0v) is 11.1. The van der Waals surface area contributed by atoms with Crippen molar-refractivity contribution in [3.8, 4) is 5.75 Å². The molecule has 0 aliphatic rings. The van der Waals surface area contributed by atoms with E-state index in [4.69, 9.17) is 15.5 Å². The zero-order valence-electron chi connectivity index (χ0n) is 9.22. The monoisotopic (exact) mass is 280 g/mol. The number of allylic oxidation sites excluding steroid dienone is 1. The molecule has 1 aromatic rings. The molecule has 1 atom stereocenters. The van der Waals surface area contributed by atoms with E-state index >= 15 is 0 Å². The van der Waals surface area contributed by atoms with Gasteiger partial charge in [0, 0.05) is 0 Å². The number of benzene rings is 1. The average molecular weight is 281 g/mol. The summed E-state index contributed by atoms with van der Waals surface area (Å²) in [5.74, 6) is 0.409. The van der Waals surface area contributed by atoms with Crippen LogP contribution in [0.3, 0.4) is 0 Å². The molecule has 17 heavy (non-hydrogen) atoms. The smallest absolute Gasteiger partial charge is 0.416 e. The molecule has 0 aliphatic carbocycles. The maximum absolute atomic E-state index is 12.5. The van der Waals surface area contributed by atoms with Gasteiger partial charge >= 0.3 is 14.5 Å². The molecule has 0 aliphatic heterocycles. The van der Waals surface area contributed by atoms with Crippen LogP contribution < -0.4 is 4.43 Å². The molecule has 0 bridgehead atoms. The van der Waals surface area contributed by atoms with Gasteiger partial charge in [0.2, 0.25) is 0 Å². The molecule has 0 amide bonds. The van der Waals surface area contributed by atoms with Crippen LogP contribution in [0.2, 0.25) is 6.55 Å². The van der Waals surface area contributed by atoms with Gasteiger partial charge in [0.05, 0.1) is 5.56 Å². The summed E-state index contributed by atoms with van der Waals surface area (Å²) in [5, 5.41) is 0. The molecule has 0 fully saturated rings. The summed E-state index contributed by atoms with van der Waals surface area (Å²) >= 11 is 5.78. The van der Waals surface area contributed by atoms with E-state index in [-0.39, 0.29) is 0 Å². The molecule has 0 radical (unpaired) electrons. The van der Waals surface area contributed by atoms with Crippen molar-refractivity contribution in [1.82, 2.24) is 0 Å². The van der Waals surface area contributed by atoms with Crippen LogP contribution in [0, 0.1) is 0 Å². The third kappa shape index (κ3) is 4.09. The molecule has 1 aromatic carbocycles. The fourth-order valence-corrected chi connectivity index (χ4v) is 2.23. The molecule has 0 saturated carbocycles. The SMILES string of the molecule is C=CCc1cc(C(F)(F)F)ccc1O[SiH](C)Cl.